The van der Waals surface area contributed by atoms with Gasteiger partial charge in [0.25, 0.3) is 0 Å². The molecule has 0 atom stereocenters. The molecule has 1 aromatic heterocycles. The lowest BCUT2D eigenvalue weighted by molar-refractivity contribution is -0.119. The molecule has 0 radical (unpaired) electrons. The van der Waals surface area contributed by atoms with Crippen molar-refractivity contribution in [1.82, 2.24) is 5.32 Å². The third-order valence-electron chi connectivity index (χ3n) is 5.05. The summed E-state index contributed by atoms with van der Waals surface area (Å²) in [5.74, 6) is 0.572. The van der Waals surface area contributed by atoms with E-state index in [4.69, 9.17) is 9.98 Å². The van der Waals surface area contributed by atoms with Crippen LogP contribution in [-0.4, -0.2) is 34.1 Å². The number of hydrogen-bond donors (Lipinski definition) is 1. The zero-order chi connectivity index (χ0) is 16.4. The maximum atomic E-state index is 12.2. The molecule has 0 unspecified atom stereocenters. The molecule has 128 valence electrons. The average molecular weight is 362 g/mol. The van der Waals surface area contributed by atoms with E-state index in [0.29, 0.717) is 11.8 Å². The summed E-state index contributed by atoms with van der Waals surface area (Å²) in [6, 6.07) is 4.54. The van der Waals surface area contributed by atoms with Crippen LogP contribution in [0, 0.1) is 0 Å². The number of thioether (sulfide) groups is 1. The van der Waals surface area contributed by atoms with Gasteiger partial charge in [0, 0.05) is 6.04 Å². The second kappa shape index (κ2) is 7.00. The molecule has 2 heterocycles. The van der Waals surface area contributed by atoms with Crippen LogP contribution in [0.15, 0.2) is 27.5 Å². The molecule has 0 aromatic carbocycles. The van der Waals surface area contributed by atoms with Gasteiger partial charge >= 0.3 is 0 Å². The summed E-state index contributed by atoms with van der Waals surface area (Å²) in [6.07, 6.45) is 9.21. The van der Waals surface area contributed by atoms with Gasteiger partial charge < -0.3 is 5.32 Å². The van der Waals surface area contributed by atoms with E-state index in [1.54, 1.807) is 23.1 Å². The fourth-order valence-electron chi connectivity index (χ4n) is 3.84. The molecule has 0 bridgehead atoms. The summed E-state index contributed by atoms with van der Waals surface area (Å²) in [7, 11) is 0. The summed E-state index contributed by atoms with van der Waals surface area (Å²) in [4.78, 5) is 23.4. The fourth-order valence-corrected chi connectivity index (χ4v) is 5.49. The Labute approximate surface area is 151 Å². The largest absolute Gasteiger partial charge is 0.353 e. The molecule has 2 saturated carbocycles. The van der Waals surface area contributed by atoms with Gasteiger partial charge in [-0.2, -0.15) is 0 Å². The minimum absolute atomic E-state index is 0.132. The van der Waals surface area contributed by atoms with Crippen LogP contribution in [0.3, 0.4) is 0 Å². The molecule has 1 amide bonds. The normalized spacial score (nSPS) is 22.8. The third kappa shape index (κ3) is 3.45. The zero-order valence-corrected chi connectivity index (χ0v) is 15.4. The maximum Gasteiger partial charge on any atom is 0.230 e. The van der Waals surface area contributed by atoms with Crippen LogP contribution < -0.4 is 5.32 Å². The molecule has 1 spiro atoms. The van der Waals surface area contributed by atoms with Gasteiger partial charge in [0.05, 0.1) is 10.6 Å². The first-order valence-electron chi connectivity index (χ1n) is 8.90. The topological polar surface area (TPSA) is 53.8 Å². The predicted molar refractivity (Wildman–Crippen MR) is 102 cm³/mol. The van der Waals surface area contributed by atoms with Crippen LogP contribution >= 0.6 is 23.1 Å². The van der Waals surface area contributed by atoms with Crippen LogP contribution in [-0.2, 0) is 4.79 Å². The second-order valence-electron chi connectivity index (χ2n) is 6.88. The number of carbonyl (C=O) groups is 1. The van der Waals surface area contributed by atoms with Gasteiger partial charge in [-0.3, -0.25) is 9.79 Å². The molecule has 6 heteroatoms. The molecule has 24 heavy (non-hydrogen) atoms. The van der Waals surface area contributed by atoms with Gasteiger partial charge in [-0.15, -0.1) is 11.3 Å². The minimum atomic E-state index is -0.233. The Hall–Kier alpha value is -1.14. The van der Waals surface area contributed by atoms with Crippen molar-refractivity contribution in [1.29, 1.82) is 0 Å². The Morgan fingerprint density at radius 2 is 2.04 bits per heavy atom. The van der Waals surface area contributed by atoms with Crippen LogP contribution in [0.5, 0.6) is 0 Å². The van der Waals surface area contributed by atoms with Crippen molar-refractivity contribution >= 4 is 39.8 Å². The van der Waals surface area contributed by atoms with E-state index < -0.39 is 0 Å². The van der Waals surface area contributed by atoms with Crippen molar-refractivity contribution < 1.29 is 4.79 Å². The molecule has 4 rings (SSSR count). The molecule has 3 aliphatic rings. The number of hydrogen-bond acceptors (Lipinski definition) is 5. The van der Waals surface area contributed by atoms with Crippen molar-refractivity contribution in [3.63, 3.8) is 0 Å². The number of carbonyl (C=O) groups excluding carboxylic acids is 1. The lowest BCUT2D eigenvalue weighted by atomic mass is 10.1. The number of thiophene rings is 1. The van der Waals surface area contributed by atoms with Gasteiger partial charge in [0.15, 0.2) is 5.66 Å². The van der Waals surface area contributed by atoms with Gasteiger partial charge in [0.1, 0.15) is 10.8 Å². The lowest BCUT2D eigenvalue weighted by Gasteiger charge is -2.14. The first kappa shape index (κ1) is 16.3. The highest BCUT2D eigenvalue weighted by Gasteiger charge is 2.39. The molecular formula is C18H23N3OS2. The van der Waals surface area contributed by atoms with Gasteiger partial charge in [-0.1, -0.05) is 30.7 Å². The highest BCUT2D eigenvalue weighted by atomic mass is 32.2. The predicted octanol–water partition coefficient (Wildman–Crippen LogP) is 4.01. The molecule has 2 fully saturated rings. The first-order chi connectivity index (χ1) is 11.7. The van der Waals surface area contributed by atoms with Crippen LogP contribution in [0.4, 0.5) is 0 Å². The Morgan fingerprint density at radius 3 is 2.75 bits per heavy atom. The second-order valence-corrected chi connectivity index (χ2v) is 8.79. The van der Waals surface area contributed by atoms with E-state index in [9.17, 15) is 4.79 Å². The summed E-state index contributed by atoms with van der Waals surface area (Å²) in [5.41, 5.74) is 0.773. The molecule has 1 aliphatic heterocycles. The number of nitrogens with zero attached hydrogens (tertiary/aromatic N) is 2. The quantitative estimate of drug-likeness (QED) is 0.881. The van der Waals surface area contributed by atoms with Gasteiger partial charge in [-0.25, -0.2) is 4.99 Å². The van der Waals surface area contributed by atoms with E-state index in [-0.39, 0.29) is 11.6 Å². The minimum Gasteiger partial charge on any atom is -0.353 e. The number of nitrogens with one attached hydrogen (secondary N) is 1. The number of aliphatic imine (C=N–C) groups is 2. The van der Waals surface area contributed by atoms with Crippen LogP contribution in [0.25, 0.3) is 0 Å². The average Bonchev–Trinajstić information content (AvgIpc) is 3.35. The molecule has 4 nitrogen and oxygen atoms in total. The summed E-state index contributed by atoms with van der Waals surface area (Å²) >= 11 is 3.26. The van der Waals surface area contributed by atoms with Crippen molar-refractivity contribution in [3.8, 4) is 0 Å². The van der Waals surface area contributed by atoms with Crippen LogP contribution in [0.2, 0.25) is 0 Å². The summed E-state index contributed by atoms with van der Waals surface area (Å²) in [5, 5.41) is 6.20. The van der Waals surface area contributed by atoms with Crippen molar-refractivity contribution in [2.45, 2.75) is 63.1 Å². The zero-order valence-electron chi connectivity index (χ0n) is 13.8. The summed E-state index contributed by atoms with van der Waals surface area (Å²) in [6.45, 7) is 0. The molecular weight excluding hydrogens is 338 g/mol. The van der Waals surface area contributed by atoms with Crippen molar-refractivity contribution in [3.05, 3.63) is 22.4 Å². The molecule has 0 saturated heterocycles. The van der Waals surface area contributed by atoms with Crippen molar-refractivity contribution in [2.24, 2.45) is 9.98 Å². The Kier molecular flexibility index (Phi) is 4.77. The van der Waals surface area contributed by atoms with E-state index in [1.165, 1.54) is 30.6 Å². The first-order valence-corrected chi connectivity index (χ1v) is 10.8. The Bertz CT molecular complexity index is 654. The van der Waals surface area contributed by atoms with E-state index >= 15 is 0 Å². The maximum absolute atomic E-state index is 12.2. The fraction of sp³-hybridized carbons (Fsp3) is 0.611. The monoisotopic (exact) mass is 361 g/mol. The number of amides is 1. The van der Waals surface area contributed by atoms with E-state index in [2.05, 4.69) is 22.8 Å². The molecule has 2 aliphatic carbocycles. The number of rotatable bonds is 4. The smallest absolute Gasteiger partial charge is 0.230 e. The van der Waals surface area contributed by atoms with Gasteiger partial charge in [0.2, 0.25) is 5.91 Å². The highest BCUT2D eigenvalue weighted by molar-refractivity contribution is 8.16. The third-order valence-corrected chi connectivity index (χ3v) is 6.89. The lowest BCUT2D eigenvalue weighted by Crippen LogP contribution is -2.34. The van der Waals surface area contributed by atoms with Crippen molar-refractivity contribution in [2.75, 3.05) is 5.75 Å². The molecule has 1 N–H and O–H groups in total. The van der Waals surface area contributed by atoms with Gasteiger partial charge in [-0.05, 0) is 50.0 Å². The van der Waals surface area contributed by atoms with Crippen LogP contribution in [0.1, 0.15) is 56.2 Å². The Morgan fingerprint density at radius 1 is 1.25 bits per heavy atom. The SMILES string of the molecule is O=C(CSC1=NC2(CCCC2)N=C1c1cccs1)NC1CCCC1. The van der Waals surface area contributed by atoms with E-state index in [0.717, 1.165) is 36.4 Å². The summed E-state index contributed by atoms with van der Waals surface area (Å²) < 4.78 is 0. The Balaban J connectivity index is 1.44. The highest BCUT2D eigenvalue weighted by Crippen LogP contribution is 2.40. The molecule has 1 aromatic rings. The van der Waals surface area contributed by atoms with E-state index in [1.807, 2.05) is 0 Å². The standard InChI is InChI=1S/C18H23N3OS2/c22-15(19-13-6-1-2-7-13)12-24-17-16(14-8-5-11-23-14)20-18(21-17)9-3-4-10-18/h5,8,11,13H,1-4,6-7,9-10,12H2,(H,19,22).